The Balaban J connectivity index is 2.78. The first kappa shape index (κ1) is 14.4. The first-order valence-electron chi connectivity index (χ1n) is 6.00. The zero-order valence-electron chi connectivity index (χ0n) is 10.2. The van der Waals surface area contributed by atoms with Crippen molar-refractivity contribution in [2.24, 2.45) is 11.5 Å². The Kier molecular flexibility index (Phi) is 5.08. The van der Waals surface area contributed by atoms with Crippen molar-refractivity contribution < 1.29 is 19.5 Å². The van der Waals surface area contributed by atoms with Gasteiger partial charge in [-0.05, 0) is 12.8 Å². The van der Waals surface area contributed by atoms with Gasteiger partial charge in [0.2, 0.25) is 11.8 Å². The number of aliphatic carboxylic acids is 1. The lowest BCUT2D eigenvalue weighted by molar-refractivity contribution is -0.151. The van der Waals surface area contributed by atoms with Gasteiger partial charge in [0, 0.05) is 6.54 Å². The molecule has 0 saturated carbocycles. The van der Waals surface area contributed by atoms with E-state index in [-0.39, 0.29) is 6.42 Å². The second kappa shape index (κ2) is 6.34. The lowest BCUT2D eigenvalue weighted by atomic mass is 10.1. The van der Waals surface area contributed by atoms with Crippen molar-refractivity contribution in [3.8, 4) is 0 Å². The van der Waals surface area contributed by atoms with Crippen LogP contribution < -0.4 is 11.5 Å². The number of carboxylic acid groups (broad SMARTS) is 1. The van der Waals surface area contributed by atoms with Crippen molar-refractivity contribution in [3.63, 3.8) is 0 Å². The highest BCUT2D eigenvalue weighted by Crippen LogP contribution is 2.18. The number of carbonyl (C=O) groups is 3. The Bertz CT molecular complexity index is 345. The smallest absolute Gasteiger partial charge is 0.326 e. The number of carbonyl (C=O) groups excluding carboxylic acids is 2. The van der Waals surface area contributed by atoms with Gasteiger partial charge in [0.25, 0.3) is 0 Å². The van der Waals surface area contributed by atoms with Gasteiger partial charge >= 0.3 is 5.97 Å². The van der Waals surface area contributed by atoms with Gasteiger partial charge in [0.05, 0.1) is 12.5 Å². The molecular weight excluding hydrogens is 238 g/mol. The third-order valence-corrected chi connectivity index (χ3v) is 3.06. The molecule has 1 aliphatic rings. The zero-order valence-corrected chi connectivity index (χ0v) is 10.2. The highest BCUT2D eigenvalue weighted by molar-refractivity contribution is 5.90. The molecule has 0 aromatic rings. The maximum absolute atomic E-state index is 12.0. The van der Waals surface area contributed by atoms with Crippen LogP contribution in [-0.4, -0.2) is 46.4 Å². The van der Waals surface area contributed by atoms with E-state index in [2.05, 4.69) is 0 Å². The van der Waals surface area contributed by atoms with E-state index in [1.165, 1.54) is 4.90 Å². The molecule has 2 atom stereocenters. The molecule has 0 aromatic carbocycles. The van der Waals surface area contributed by atoms with E-state index in [1.54, 1.807) is 0 Å². The summed E-state index contributed by atoms with van der Waals surface area (Å²) in [7, 11) is 0. The molecule has 0 aliphatic carbocycles. The maximum Gasteiger partial charge on any atom is 0.326 e. The van der Waals surface area contributed by atoms with Crippen LogP contribution in [0.3, 0.4) is 0 Å². The number of hydrogen-bond acceptors (Lipinski definition) is 4. The van der Waals surface area contributed by atoms with Crippen molar-refractivity contribution in [3.05, 3.63) is 0 Å². The molecule has 7 heteroatoms. The summed E-state index contributed by atoms with van der Waals surface area (Å²) in [4.78, 5) is 35.2. The molecule has 18 heavy (non-hydrogen) atoms. The molecule has 0 bridgehead atoms. The molecular formula is C11H19N3O4. The minimum absolute atomic E-state index is 0.262. The molecule has 0 spiro atoms. The minimum Gasteiger partial charge on any atom is -0.480 e. The van der Waals surface area contributed by atoms with Gasteiger partial charge in [-0.3, -0.25) is 9.59 Å². The average Bonchev–Trinajstić information content (AvgIpc) is 2.52. The third-order valence-electron chi connectivity index (χ3n) is 3.06. The standard InChI is InChI=1S/C11H19N3O4/c12-7(6-9(13)15)10(16)14-5-3-1-2-4-8(14)11(17)18/h7-8H,1-6,12H2,(H2,13,15)(H,17,18). The molecule has 7 nitrogen and oxygen atoms in total. The molecule has 2 amide bonds. The Morgan fingerprint density at radius 3 is 2.50 bits per heavy atom. The molecule has 1 fully saturated rings. The van der Waals surface area contributed by atoms with Crippen LogP contribution in [0.15, 0.2) is 0 Å². The SMILES string of the molecule is NC(=O)CC(N)C(=O)N1CCCCCC1C(=O)O. The van der Waals surface area contributed by atoms with E-state index in [1.807, 2.05) is 0 Å². The topological polar surface area (TPSA) is 127 Å². The van der Waals surface area contributed by atoms with E-state index >= 15 is 0 Å². The van der Waals surface area contributed by atoms with Crippen LogP contribution in [0.5, 0.6) is 0 Å². The van der Waals surface area contributed by atoms with Crippen molar-refractivity contribution in [1.82, 2.24) is 4.90 Å². The molecule has 2 unspecified atom stereocenters. The van der Waals surface area contributed by atoms with Crippen LogP contribution in [0.1, 0.15) is 32.1 Å². The molecule has 0 aromatic heterocycles. The van der Waals surface area contributed by atoms with E-state index in [4.69, 9.17) is 16.6 Å². The molecule has 1 saturated heterocycles. The molecule has 1 aliphatic heterocycles. The number of carboxylic acids is 1. The molecule has 1 rings (SSSR count). The Labute approximate surface area is 105 Å². The number of nitrogens with zero attached hydrogens (tertiary/aromatic N) is 1. The van der Waals surface area contributed by atoms with Crippen molar-refractivity contribution in [2.75, 3.05) is 6.54 Å². The number of nitrogens with two attached hydrogens (primary N) is 2. The molecule has 5 N–H and O–H groups in total. The first-order chi connectivity index (χ1) is 8.43. The van der Waals surface area contributed by atoms with Crippen LogP contribution >= 0.6 is 0 Å². The molecule has 102 valence electrons. The number of likely N-dealkylation sites (tertiary alicyclic amines) is 1. The first-order valence-corrected chi connectivity index (χ1v) is 6.00. The number of rotatable bonds is 4. The van der Waals surface area contributed by atoms with Crippen LogP contribution in [0, 0.1) is 0 Å². The van der Waals surface area contributed by atoms with Crippen LogP contribution in [-0.2, 0) is 14.4 Å². The fourth-order valence-electron chi connectivity index (χ4n) is 2.15. The van der Waals surface area contributed by atoms with E-state index < -0.39 is 29.9 Å². The van der Waals surface area contributed by atoms with E-state index in [9.17, 15) is 14.4 Å². The van der Waals surface area contributed by atoms with Gasteiger partial charge in [-0.1, -0.05) is 12.8 Å². The monoisotopic (exact) mass is 257 g/mol. The van der Waals surface area contributed by atoms with Gasteiger partial charge in [-0.25, -0.2) is 4.79 Å². The molecule has 0 radical (unpaired) electrons. The summed E-state index contributed by atoms with van der Waals surface area (Å²) < 4.78 is 0. The fourth-order valence-corrected chi connectivity index (χ4v) is 2.15. The molecule has 1 heterocycles. The summed E-state index contributed by atoms with van der Waals surface area (Å²) in [6, 6.07) is -1.90. The van der Waals surface area contributed by atoms with Gasteiger partial charge in [-0.2, -0.15) is 0 Å². The lowest BCUT2D eigenvalue weighted by Gasteiger charge is -2.29. The zero-order chi connectivity index (χ0) is 13.7. The van der Waals surface area contributed by atoms with Crippen LogP contribution in [0.4, 0.5) is 0 Å². The highest BCUT2D eigenvalue weighted by Gasteiger charge is 2.33. The maximum atomic E-state index is 12.0. The number of amides is 2. The lowest BCUT2D eigenvalue weighted by Crippen LogP contribution is -2.52. The quantitative estimate of drug-likeness (QED) is 0.598. The highest BCUT2D eigenvalue weighted by atomic mass is 16.4. The van der Waals surface area contributed by atoms with Crippen molar-refractivity contribution in [1.29, 1.82) is 0 Å². The second-order valence-corrected chi connectivity index (χ2v) is 4.51. The van der Waals surface area contributed by atoms with Crippen LogP contribution in [0.2, 0.25) is 0 Å². The average molecular weight is 257 g/mol. The van der Waals surface area contributed by atoms with Crippen molar-refractivity contribution >= 4 is 17.8 Å². The van der Waals surface area contributed by atoms with Gasteiger partial charge in [0.15, 0.2) is 0 Å². The predicted molar refractivity (Wildman–Crippen MR) is 63.4 cm³/mol. The minimum atomic E-state index is -1.05. The summed E-state index contributed by atoms with van der Waals surface area (Å²) in [5.74, 6) is -2.21. The Morgan fingerprint density at radius 2 is 1.94 bits per heavy atom. The van der Waals surface area contributed by atoms with Crippen LogP contribution in [0.25, 0.3) is 0 Å². The normalized spacial score (nSPS) is 22.1. The summed E-state index contributed by atoms with van der Waals surface area (Å²) in [5, 5.41) is 9.12. The van der Waals surface area contributed by atoms with Gasteiger partial charge < -0.3 is 21.5 Å². The Hall–Kier alpha value is -1.63. The largest absolute Gasteiger partial charge is 0.480 e. The predicted octanol–water partition coefficient (Wildman–Crippen LogP) is -0.955. The third kappa shape index (κ3) is 3.69. The summed E-state index contributed by atoms with van der Waals surface area (Å²) in [5.41, 5.74) is 10.6. The van der Waals surface area contributed by atoms with E-state index in [0.717, 1.165) is 19.3 Å². The summed E-state index contributed by atoms with van der Waals surface area (Å²) >= 11 is 0. The summed E-state index contributed by atoms with van der Waals surface area (Å²) in [6.45, 7) is 0.363. The summed E-state index contributed by atoms with van der Waals surface area (Å²) in [6.07, 6.45) is 2.56. The van der Waals surface area contributed by atoms with Crippen molar-refractivity contribution in [2.45, 2.75) is 44.2 Å². The number of primary amides is 1. The Morgan fingerprint density at radius 1 is 1.28 bits per heavy atom. The number of hydrogen-bond donors (Lipinski definition) is 3. The van der Waals surface area contributed by atoms with Gasteiger partial charge in [-0.15, -0.1) is 0 Å². The fraction of sp³-hybridized carbons (Fsp3) is 0.727. The van der Waals surface area contributed by atoms with Gasteiger partial charge in [0.1, 0.15) is 6.04 Å². The second-order valence-electron chi connectivity index (χ2n) is 4.51. The van der Waals surface area contributed by atoms with E-state index in [0.29, 0.717) is 13.0 Å².